The Bertz CT molecular complexity index is 163. The molecule has 0 spiro atoms. The third kappa shape index (κ3) is 3.23. The van der Waals surface area contributed by atoms with Crippen LogP contribution in [0.25, 0.3) is 0 Å². The summed E-state index contributed by atoms with van der Waals surface area (Å²) in [5.41, 5.74) is 1.03. The Morgan fingerprint density at radius 3 is 2.09 bits per heavy atom. The van der Waals surface area contributed by atoms with E-state index in [1.165, 1.54) is 0 Å². The monoisotopic (exact) mass is 155 g/mol. The normalized spacial score (nSPS) is 12.1. The maximum atomic E-state index is 3.93. The van der Waals surface area contributed by atoms with Crippen molar-refractivity contribution in [1.82, 2.24) is 5.01 Å². The zero-order valence-corrected chi connectivity index (χ0v) is 8.26. The molecule has 0 saturated carbocycles. The average molecular weight is 155 g/mol. The van der Waals surface area contributed by atoms with E-state index >= 15 is 0 Å². The van der Waals surface area contributed by atoms with Crippen molar-refractivity contribution >= 4 is 0 Å². The van der Waals surface area contributed by atoms with Gasteiger partial charge in [-0.1, -0.05) is 12.7 Å². The summed E-state index contributed by atoms with van der Waals surface area (Å²) in [6.07, 6.45) is 4.00. The molecule has 64 valence electrons. The highest BCUT2D eigenvalue weighted by Crippen LogP contribution is 2.07. The Balaban J connectivity index is 4.26. The lowest BCUT2D eigenvalue weighted by Gasteiger charge is -2.35. The van der Waals surface area contributed by atoms with Gasteiger partial charge in [0.15, 0.2) is 0 Å². The van der Waals surface area contributed by atoms with Crippen LogP contribution in [0.15, 0.2) is 24.4 Å². The number of hydrogen-bond donors (Lipinski definition) is 0. The molecular formula is C9H19N2+. The van der Waals surface area contributed by atoms with Crippen LogP contribution < -0.4 is 0 Å². The van der Waals surface area contributed by atoms with Gasteiger partial charge >= 0.3 is 0 Å². The molecule has 0 aliphatic carbocycles. The zero-order chi connectivity index (χ0) is 9.07. The molecule has 0 N–H and O–H groups in total. The van der Waals surface area contributed by atoms with Crippen LogP contribution in [0.5, 0.6) is 0 Å². The molecular weight excluding hydrogens is 136 g/mol. The van der Waals surface area contributed by atoms with Crippen molar-refractivity contribution in [3.8, 4) is 0 Å². The summed E-state index contributed by atoms with van der Waals surface area (Å²) in [4.78, 5) is 0. The highest BCUT2D eigenvalue weighted by atomic mass is 15.7. The van der Waals surface area contributed by atoms with Gasteiger partial charge in [-0.25, -0.2) is 9.60 Å². The molecule has 0 aromatic carbocycles. The molecule has 0 aromatic heterocycles. The molecule has 0 bridgehead atoms. The topological polar surface area (TPSA) is 3.24 Å². The smallest absolute Gasteiger partial charge is 0.0904 e. The van der Waals surface area contributed by atoms with Gasteiger partial charge in [-0.15, -0.1) is 0 Å². The molecule has 0 amide bonds. The summed E-state index contributed by atoms with van der Waals surface area (Å²) in [7, 11) is 8.35. The maximum absolute atomic E-state index is 3.93. The molecule has 0 unspecified atom stereocenters. The van der Waals surface area contributed by atoms with Crippen molar-refractivity contribution in [2.24, 2.45) is 0 Å². The Morgan fingerprint density at radius 2 is 1.82 bits per heavy atom. The Labute approximate surface area is 70.0 Å². The minimum atomic E-state index is 0.767. The molecule has 2 nitrogen and oxygen atoms in total. The third-order valence-electron chi connectivity index (χ3n) is 1.67. The van der Waals surface area contributed by atoms with Gasteiger partial charge in [-0.2, -0.15) is 0 Å². The van der Waals surface area contributed by atoms with E-state index in [1.54, 1.807) is 0 Å². The largest absolute Gasteiger partial charge is 0.229 e. The molecule has 0 radical (unpaired) electrons. The summed E-state index contributed by atoms with van der Waals surface area (Å²) in [5.74, 6) is 0. The molecule has 0 fully saturated rings. The molecule has 11 heavy (non-hydrogen) atoms. The number of nitrogens with zero attached hydrogens (tertiary/aromatic N) is 2. The number of likely N-dealkylation sites (N-methyl/N-ethyl adjacent to an activating group) is 1. The number of allylic oxidation sites excluding steroid dienone is 2. The molecule has 2 heteroatoms. The SMILES string of the molecule is C=C(C=CC)N(C)[N+](C)(C)C. The fraction of sp³-hybridized carbons (Fsp3) is 0.556. The minimum Gasteiger partial charge on any atom is -0.229 e. The van der Waals surface area contributed by atoms with Gasteiger partial charge in [0.1, 0.15) is 0 Å². The van der Waals surface area contributed by atoms with Crippen LogP contribution >= 0.6 is 0 Å². The van der Waals surface area contributed by atoms with E-state index < -0.39 is 0 Å². The lowest BCUT2D eigenvalue weighted by Crippen LogP contribution is -2.47. The first kappa shape index (κ1) is 10.2. The first-order valence-electron chi connectivity index (χ1n) is 3.77. The molecule has 0 saturated heterocycles. The number of hydrogen-bond acceptors (Lipinski definition) is 1. The van der Waals surface area contributed by atoms with Crippen molar-refractivity contribution in [2.75, 3.05) is 28.2 Å². The van der Waals surface area contributed by atoms with Crippen LogP contribution in [0.1, 0.15) is 6.92 Å². The molecule has 0 rings (SSSR count). The van der Waals surface area contributed by atoms with Crippen LogP contribution in [0.2, 0.25) is 0 Å². The molecule has 0 aliphatic rings. The average Bonchev–Trinajstić information content (AvgIpc) is 1.85. The van der Waals surface area contributed by atoms with Crippen molar-refractivity contribution in [2.45, 2.75) is 6.92 Å². The third-order valence-corrected chi connectivity index (χ3v) is 1.67. The molecule has 0 aliphatic heterocycles. The quantitative estimate of drug-likeness (QED) is 0.340. The summed E-state index contributed by atoms with van der Waals surface area (Å²) in [6.45, 7) is 5.93. The molecule has 0 heterocycles. The van der Waals surface area contributed by atoms with E-state index in [0.29, 0.717) is 0 Å². The summed E-state index contributed by atoms with van der Waals surface area (Å²) in [6, 6.07) is 0. The van der Waals surface area contributed by atoms with Crippen LogP contribution in [0.3, 0.4) is 0 Å². The Kier molecular flexibility index (Phi) is 3.33. The number of rotatable bonds is 3. The van der Waals surface area contributed by atoms with Crippen LogP contribution in [0.4, 0.5) is 0 Å². The summed E-state index contributed by atoms with van der Waals surface area (Å²) >= 11 is 0. The number of quaternary nitrogens is 1. The van der Waals surface area contributed by atoms with Gasteiger partial charge in [0.25, 0.3) is 0 Å². The second-order valence-electron chi connectivity index (χ2n) is 3.46. The first-order chi connectivity index (χ1) is 4.89. The Morgan fingerprint density at radius 1 is 1.36 bits per heavy atom. The summed E-state index contributed by atoms with van der Waals surface area (Å²) in [5, 5.41) is 2.10. The van der Waals surface area contributed by atoms with Crippen molar-refractivity contribution in [3.63, 3.8) is 0 Å². The van der Waals surface area contributed by atoms with E-state index in [9.17, 15) is 0 Å². The highest BCUT2D eigenvalue weighted by Gasteiger charge is 2.14. The van der Waals surface area contributed by atoms with Gasteiger partial charge in [0.2, 0.25) is 0 Å². The lowest BCUT2D eigenvalue weighted by atomic mass is 10.4. The predicted molar refractivity (Wildman–Crippen MR) is 49.7 cm³/mol. The lowest BCUT2D eigenvalue weighted by molar-refractivity contribution is -0.976. The van der Waals surface area contributed by atoms with Gasteiger partial charge < -0.3 is 0 Å². The van der Waals surface area contributed by atoms with E-state index in [2.05, 4.69) is 32.7 Å². The van der Waals surface area contributed by atoms with Crippen LogP contribution in [0, 0.1) is 0 Å². The summed E-state index contributed by atoms with van der Waals surface area (Å²) < 4.78 is 0.767. The standard InChI is InChI=1S/C9H19N2/c1-7-8-9(2)10(3)11(4,5)6/h7-8H,2H2,1,3-6H3/q+1. The fourth-order valence-electron chi connectivity index (χ4n) is 0.686. The molecule has 0 aromatic rings. The first-order valence-corrected chi connectivity index (χ1v) is 3.77. The predicted octanol–water partition coefficient (Wildman–Crippen LogP) is 1.63. The van der Waals surface area contributed by atoms with E-state index in [4.69, 9.17) is 0 Å². The van der Waals surface area contributed by atoms with Gasteiger partial charge in [0, 0.05) is 0 Å². The van der Waals surface area contributed by atoms with Gasteiger partial charge in [-0.05, 0) is 13.0 Å². The Hall–Kier alpha value is -0.760. The van der Waals surface area contributed by atoms with E-state index in [1.807, 2.05) is 26.1 Å². The van der Waals surface area contributed by atoms with Crippen molar-refractivity contribution < 1.29 is 4.59 Å². The van der Waals surface area contributed by atoms with Crippen LogP contribution in [-0.2, 0) is 0 Å². The van der Waals surface area contributed by atoms with E-state index in [-0.39, 0.29) is 0 Å². The van der Waals surface area contributed by atoms with Gasteiger partial charge in [0.05, 0.1) is 33.9 Å². The zero-order valence-electron chi connectivity index (χ0n) is 8.26. The van der Waals surface area contributed by atoms with E-state index in [0.717, 1.165) is 10.3 Å². The highest BCUT2D eigenvalue weighted by molar-refractivity contribution is 5.09. The van der Waals surface area contributed by atoms with Crippen molar-refractivity contribution in [1.29, 1.82) is 0 Å². The van der Waals surface area contributed by atoms with Crippen molar-refractivity contribution in [3.05, 3.63) is 24.4 Å². The maximum Gasteiger partial charge on any atom is 0.0904 e. The molecule has 0 atom stereocenters. The van der Waals surface area contributed by atoms with Gasteiger partial charge in [-0.3, -0.25) is 0 Å². The minimum absolute atomic E-state index is 0.767. The fourth-order valence-corrected chi connectivity index (χ4v) is 0.686. The second-order valence-corrected chi connectivity index (χ2v) is 3.46. The van der Waals surface area contributed by atoms with Crippen LogP contribution in [-0.4, -0.2) is 37.8 Å². The second kappa shape index (κ2) is 3.58.